The number of hydrogen-bond donors (Lipinski definition) is 1. The van der Waals surface area contributed by atoms with E-state index < -0.39 is 11.8 Å². The van der Waals surface area contributed by atoms with Gasteiger partial charge in [0.25, 0.3) is 11.8 Å². The minimum Gasteiger partial charge on any atom is -0.298 e. The summed E-state index contributed by atoms with van der Waals surface area (Å²) in [6.07, 6.45) is 3.14. The number of carbonyl (C=O) groups is 2. The fourth-order valence-electron chi connectivity index (χ4n) is 2.82. The molecular formula is C20H12ClN3O2S. The number of amides is 2. The van der Waals surface area contributed by atoms with Gasteiger partial charge >= 0.3 is 0 Å². The van der Waals surface area contributed by atoms with Crippen molar-refractivity contribution in [3.8, 4) is 0 Å². The lowest BCUT2D eigenvalue weighted by Crippen LogP contribution is -2.54. The second-order valence-electron chi connectivity index (χ2n) is 5.90. The summed E-state index contributed by atoms with van der Waals surface area (Å²) in [6, 6.07) is 16.1. The molecule has 0 spiro atoms. The summed E-state index contributed by atoms with van der Waals surface area (Å²) < 4.78 is 0. The Hall–Kier alpha value is -3.09. The minimum absolute atomic E-state index is 0.0179. The molecule has 1 saturated heterocycles. The molecule has 1 aromatic heterocycles. The lowest BCUT2D eigenvalue weighted by Gasteiger charge is -2.28. The Balaban J connectivity index is 1.74. The number of aromatic nitrogens is 1. The van der Waals surface area contributed by atoms with Crippen LogP contribution < -0.4 is 10.2 Å². The van der Waals surface area contributed by atoms with Crippen LogP contribution in [0.1, 0.15) is 5.56 Å². The van der Waals surface area contributed by atoms with Crippen LogP contribution in [0.25, 0.3) is 17.0 Å². The van der Waals surface area contributed by atoms with Gasteiger partial charge in [-0.1, -0.05) is 29.8 Å². The zero-order valence-corrected chi connectivity index (χ0v) is 15.4. The van der Waals surface area contributed by atoms with E-state index in [1.165, 1.54) is 11.0 Å². The van der Waals surface area contributed by atoms with Gasteiger partial charge in [0, 0.05) is 16.6 Å². The van der Waals surface area contributed by atoms with Crippen molar-refractivity contribution < 1.29 is 9.59 Å². The van der Waals surface area contributed by atoms with Crippen LogP contribution in [0.2, 0.25) is 5.02 Å². The van der Waals surface area contributed by atoms with Gasteiger partial charge in [0.05, 0.1) is 11.2 Å². The Kier molecular flexibility index (Phi) is 4.43. The molecule has 1 aliphatic rings. The zero-order valence-electron chi connectivity index (χ0n) is 13.8. The summed E-state index contributed by atoms with van der Waals surface area (Å²) in [4.78, 5) is 30.9. The number of benzene rings is 2. The molecule has 2 heterocycles. The Labute approximate surface area is 165 Å². The van der Waals surface area contributed by atoms with E-state index in [4.69, 9.17) is 23.8 Å². The summed E-state index contributed by atoms with van der Waals surface area (Å²) in [5.74, 6) is -1.04. The molecule has 0 saturated carbocycles. The van der Waals surface area contributed by atoms with E-state index in [0.29, 0.717) is 16.3 Å². The summed E-state index contributed by atoms with van der Waals surface area (Å²) >= 11 is 11.1. The number of fused-ring (bicyclic) bond motifs is 1. The number of para-hydroxylation sites is 1. The van der Waals surface area contributed by atoms with Crippen LogP contribution in [0, 0.1) is 0 Å². The first-order valence-electron chi connectivity index (χ1n) is 8.05. The van der Waals surface area contributed by atoms with Gasteiger partial charge in [0.15, 0.2) is 5.11 Å². The number of rotatable bonds is 2. The highest BCUT2D eigenvalue weighted by Crippen LogP contribution is 2.24. The third-order valence-electron chi connectivity index (χ3n) is 4.11. The summed E-state index contributed by atoms with van der Waals surface area (Å²) in [5, 5.41) is 4.04. The standard InChI is InChI=1S/C20H12ClN3O2S/c21-14-5-7-15(8-6-14)24-19(26)16(18(25)23-20(24)27)10-12-9-13-3-1-2-4-17(13)22-11-12/h1-11H,(H,23,25,27)/b16-10-. The van der Waals surface area contributed by atoms with Gasteiger partial charge < -0.3 is 0 Å². The van der Waals surface area contributed by atoms with Gasteiger partial charge in [-0.15, -0.1) is 0 Å². The molecule has 1 fully saturated rings. The van der Waals surface area contributed by atoms with Crippen molar-refractivity contribution in [3.05, 3.63) is 77.0 Å². The Morgan fingerprint density at radius 2 is 1.81 bits per heavy atom. The normalized spacial score (nSPS) is 16.1. The van der Waals surface area contributed by atoms with Gasteiger partial charge in [-0.25, -0.2) is 0 Å². The van der Waals surface area contributed by atoms with Gasteiger partial charge in [-0.3, -0.25) is 24.8 Å². The molecule has 5 nitrogen and oxygen atoms in total. The maximum Gasteiger partial charge on any atom is 0.270 e. The van der Waals surface area contributed by atoms with E-state index in [2.05, 4.69) is 10.3 Å². The van der Waals surface area contributed by atoms with Crippen molar-refractivity contribution in [2.75, 3.05) is 4.90 Å². The largest absolute Gasteiger partial charge is 0.298 e. The number of nitrogens with one attached hydrogen (secondary N) is 1. The lowest BCUT2D eigenvalue weighted by molar-refractivity contribution is -0.122. The molecule has 0 bridgehead atoms. The minimum atomic E-state index is -0.539. The third kappa shape index (κ3) is 3.32. The van der Waals surface area contributed by atoms with Crippen molar-refractivity contribution in [2.45, 2.75) is 0 Å². The first-order valence-corrected chi connectivity index (χ1v) is 8.83. The fourth-order valence-corrected chi connectivity index (χ4v) is 3.22. The van der Waals surface area contributed by atoms with E-state index in [1.807, 2.05) is 30.3 Å². The molecule has 4 rings (SSSR count). The quantitative estimate of drug-likeness (QED) is 0.409. The number of hydrogen-bond acceptors (Lipinski definition) is 4. The number of halogens is 1. The van der Waals surface area contributed by atoms with Crippen molar-refractivity contribution in [1.29, 1.82) is 0 Å². The van der Waals surface area contributed by atoms with Crippen LogP contribution in [-0.4, -0.2) is 21.9 Å². The fraction of sp³-hybridized carbons (Fsp3) is 0. The zero-order chi connectivity index (χ0) is 19.0. The smallest absolute Gasteiger partial charge is 0.270 e. The van der Waals surface area contributed by atoms with E-state index in [9.17, 15) is 9.59 Å². The molecule has 0 radical (unpaired) electrons. The molecule has 1 aliphatic heterocycles. The lowest BCUT2D eigenvalue weighted by atomic mass is 10.1. The van der Waals surface area contributed by atoms with Crippen molar-refractivity contribution >= 4 is 63.4 Å². The van der Waals surface area contributed by atoms with E-state index in [0.717, 1.165) is 10.9 Å². The first-order chi connectivity index (χ1) is 13.0. The summed E-state index contributed by atoms with van der Waals surface area (Å²) in [7, 11) is 0. The van der Waals surface area contributed by atoms with Crippen LogP contribution in [-0.2, 0) is 9.59 Å². The van der Waals surface area contributed by atoms with E-state index in [1.54, 1.807) is 30.5 Å². The molecule has 0 aliphatic carbocycles. The Bertz CT molecular complexity index is 1130. The third-order valence-corrected chi connectivity index (χ3v) is 4.65. The van der Waals surface area contributed by atoms with Crippen molar-refractivity contribution in [3.63, 3.8) is 0 Å². The Morgan fingerprint density at radius 1 is 1.07 bits per heavy atom. The summed E-state index contributed by atoms with van der Waals surface area (Å²) in [5.41, 5.74) is 1.99. The molecular weight excluding hydrogens is 382 g/mol. The number of anilines is 1. The molecule has 7 heteroatoms. The molecule has 2 aromatic carbocycles. The highest BCUT2D eigenvalue weighted by Gasteiger charge is 2.34. The average Bonchev–Trinajstić information content (AvgIpc) is 2.66. The van der Waals surface area contributed by atoms with Crippen LogP contribution in [0.3, 0.4) is 0 Å². The van der Waals surface area contributed by atoms with E-state index >= 15 is 0 Å². The van der Waals surface area contributed by atoms with Crippen molar-refractivity contribution in [2.24, 2.45) is 0 Å². The second kappa shape index (κ2) is 6.90. The molecule has 27 heavy (non-hydrogen) atoms. The van der Waals surface area contributed by atoms with Crippen LogP contribution >= 0.6 is 23.8 Å². The molecule has 0 atom stereocenters. The number of pyridine rings is 1. The monoisotopic (exact) mass is 393 g/mol. The average molecular weight is 394 g/mol. The molecule has 0 unspecified atom stereocenters. The van der Waals surface area contributed by atoms with E-state index in [-0.39, 0.29) is 10.7 Å². The molecule has 3 aromatic rings. The highest BCUT2D eigenvalue weighted by atomic mass is 35.5. The maximum absolute atomic E-state index is 13.0. The number of carbonyl (C=O) groups excluding carboxylic acids is 2. The van der Waals surface area contributed by atoms with Gasteiger partial charge in [-0.2, -0.15) is 0 Å². The molecule has 132 valence electrons. The number of thiocarbonyl (C=S) groups is 1. The second-order valence-corrected chi connectivity index (χ2v) is 6.72. The molecule has 2 amide bonds. The van der Waals surface area contributed by atoms with Crippen molar-refractivity contribution in [1.82, 2.24) is 10.3 Å². The summed E-state index contributed by atoms with van der Waals surface area (Å²) in [6.45, 7) is 0. The van der Waals surface area contributed by atoms with Gasteiger partial charge in [-0.05, 0) is 60.3 Å². The van der Waals surface area contributed by atoms with Crippen LogP contribution in [0.15, 0.2) is 66.4 Å². The van der Waals surface area contributed by atoms with Crippen LogP contribution in [0.5, 0.6) is 0 Å². The predicted molar refractivity (Wildman–Crippen MR) is 109 cm³/mol. The van der Waals surface area contributed by atoms with Gasteiger partial charge in [0.1, 0.15) is 5.57 Å². The predicted octanol–water partition coefficient (Wildman–Crippen LogP) is 3.72. The Morgan fingerprint density at radius 3 is 2.59 bits per heavy atom. The van der Waals surface area contributed by atoms with Gasteiger partial charge in [0.2, 0.25) is 0 Å². The molecule has 1 N–H and O–H groups in total. The highest BCUT2D eigenvalue weighted by molar-refractivity contribution is 7.80. The topological polar surface area (TPSA) is 62.3 Å². The first kappa shape index (κ1) is 17.3. The number of nitrogens with zero attached hydrogens (tertiary/aromatic N) is 2. The SMILES string of the molecule is O=C1NC(=S)N(c2ccc(Cl)cc2)C(=O)/C1=C\c1cnc2ccccc2c1. The maximum atomic E-state index is 13.0. The van der Waals surface area contributed by atoms with Crippen LogP contribution in [0.4, 0.5) is 5.69 Å².